The molecule has 0 spiro atoms. The molecule has 1 unspecified atom stereocenters. The number of nitrogens with zero attached hydrogens (tertiary/aromatic N) is 2. The Balaban J connectivity index is 0.000000796. The van der Waals surface area contributed by atoms with Crippen LogP contribution in [0.25, 0.3) is 0 Å². The van der Waals surface area contributed by atoms with Crippen molar-refractivity contribution < 1.29 is 23.5 Å². The number of hydrogen-bond acceptors (Lipinski definition) is 5. The third-order valence-corrected chi connectivity index (χ3v) is 4.25. The molecule has 0 amide bonds. The van der Waals surface area contributed by atoms with Crippen LogP contribution in [0, 0.1) is 5.41 Å². The van der Waals surface area contributed by atoms with E-state index in [1.54, 1.807) is 33.2 Å². The Kier molecular flexibility index (Phi) is 10.3. The maximum Gasteiger partial charge on any atom is 0.361 e. The largest absolute Gasteiger partial charge is 0.465 e. The zero-order chi connectivity index (χ0) is 19.5. The molecule has 0 saturated carbocycles. The third kappa shape index (κ3) is 8.31. The molecule has 1 rings (SSSR count). The maximum absolute atomic E-state index is 11.9. The van der Waals surface area contributed by atoms with Gasteiger partial charge in [0.15, 0.2) is 6.54 Å². The summed E-state index contributed by atoms with van der Waals surface area (Å²) in [6.07, 6.45) is 3.50. The van der Waals surface area contributed by atoms with Crippen molar-refractivity contribution in [3.05, 3.63) is 30.6 Å². The number of halogens is 1. The van der Waals surface area contributed by atoms with Gasteiger partial charge in [-0.3, -0.25) is 14.3 Å². The molecule has 1 atom stereocenters. The Hall–Kier alpha value is -1.66. The van der Waals surface area contributed by atoms with Gasteiger partial charge in [-0.25, -0.2) is 4.79 Å². The van der Waals surface area contributed by atoms with Crippen LogP contribution in [-0.2, 0) is 19.1 Å². The van der Waals surface area contributed by atoms with Gasteiger partial charge in [-0.05, 0) is 58.4 Å². The van der Waals surface area contributed by atoms with Gasteiger partial charge in [0.1, 0.15) is 0 Å². The molecule has 0 aliphatic carbocycles. The summed E-state index contributed by atoms with van der Waals surface area (Å²) in [7, 11) is 1.33. The van der Waals surface area contributed by atoms with E-state index in [4.69, 9.17) is 16.3 Å². The first kappa shape index (κ1) is 23.3. The van der Waals surface area contributed by atoms with E-state index in [9.17, 15) is 9.59 Å². The van der Waals surface area contributed by atoms with Crippen LogP contribution in [0.4, 0.5) is 0 Å². The number of quaternary nitrogens is 1. The number of likely N-dealkylation sites (N-methyl/N-ethyl adjacent to an activating group) is 1. The van der Waals surface area contributed by atoms with Gasteiger partial charge in [0.05, 0.1) is 25.6 Å². The van der Waals surface area contributed by atoms with Crippen LogP contribution >= 0.6 is 11.6 Å². The molecule has 0 aliphatic rings. The van der Waals surface area contributed by atoms with E-state index >= 15 is 0 Å². The van der Waals surface area contributed by atoms with E-state index in [-0.39, 0.29) is 23.0 Å². The second-order valence-electron chi connectivity index (χ2n) is 6.56. The second-order valence-corrected chi connectivity index (χ2v) is 6.93. The highest BCUT2D eigenvalue weighted by Crippen LogP contribution is 2.23. The Morgan fingerprint density at radius 1 is 1.12 bits per heavy atom. The van der Waals surface area contributed by atoms with Gasteiger partial charge in [-0.1, -0.05) is 6.07 Å². The van der Waals surface area contributed by atoms with Crippen molar-refractivity contribution in [1.82, 2.24) is 4.98 Å². The van der Waals surface area contributed by atoms with E-state index in [1.807, 2.05) is 32.0 Å². The number of carbonyl (C=O) groups is 2. The molecule has 25 heavy (non-hydrogen) atoms. The number of pyridine rings is 1. The van der Waals surface area contributed by atoms with E-state index in [0.29, 0.717) is 13.1 Å². The summed E-state index contributed by atoms with van der Waals surface area (Å²) < 4.78 is 10.1. The van der Waals surface area contributed by atoms with Crippen LogP contribution in [0.15, 0.2) is 30.6 Å². The molecule has 1 aromatic rings. The predicted octanol–water partition coefficient (Wildman–Crippen LogP) is 3.21. The first-order valence-corrected chi connectivity index (χ1v) is 8.69. The first-order valence-electron chi connectivity index (χ1n) is 8.25. The van der Waals surface area contributed by atoms with Crippen LogP contribution < -0.4 is 0 Å². The van der Waals surface area contributed by atoms with Crippen LogP contribution in [0.1, 0.15) is 34.6 Å². The molecule has 0 fully saturated rings. The van der Waals surface area contributed by atoms with E-state index in [2.05, 4.69) is 9.72 Å². The lowest BCUT2D eigenvalue weighted by Crippen LogP contribution is -2.57. The Morgan fingerprint density at radius 3 is 1.92 bits per heavy atom. The average Bonchev–Trinajstić information content (AvgIpc) is 2.60. The molecule has 0 bridgehead atoms. The molecule has 7 heteroatoms. The first-order chi connectivity index (χ1) is 11.6. The zero-order valence-electron chi connectivity index (χ0n) is 16.0. The topological polar surface area (TPSA) is 65.5 Å². The van der Waals surface area contributed by atoms with Gasteiger partial charge in [0, 0.05) is 12.4 Å². The number of esters is 2. The van der Waals surface area contributed by atoms with Gasteiger partial charge in [0.25, 0.3) is 0 Å². The molecule has 0 saturated heterocycles. The van der Waals surface area contributed by atoms with Crippen molar-refractivity contribution in [2.24, 2.45) is 5.41 Å². The summed E-state index contributed by atoms with van der Waals surface area (Å²) in [5.41, 5.74) is -1.53. The zero-order valence-corrected chi connectivity index (χ0v) is 16.7. The number of carbonyl (C=O) groups excluding carboxylic acids is 2. The van der Waals surface area contributed by atoms with Gasteiger partial charge >= 0.3 is 17.6 Å². The van der Waals surface area contributed by atoms with Gasteiger partial charge in [0.2, 0.25) is 0 Å². The molecule has 0 aliphatic heterocycles. The fraction of sp³-hybridized carbons (Fsp3) is 0.611. The van der Waals surface area contributed by atoms with Crippen molar-refractivity contribution in [1.29, 1.82) is 0 Å². The molecule has 142 valence electrons. The highest BCUT2D eigenvalue weighted by Gasteiger charge is 2.40. The highest BCUT2D eigenvalue weighted by atomic mass is 35.5. The number of aromatic nitrogens is 1. The van der Waals surface area contributed by atoms with Crippen LogP contribution in [0.3, 0.4) is 0 Å². The lowest BCUT2D eigenvalue weighted by Gasteiger charge is -2.38. The Morgan fingerprint density at radius 2 is 1.64 bits per heavy atom. The average molecular weight is 374 g/mol. The molecule has 6 nitrogen and oxygen atoms in total. The molecular weight excluding hydrogens is 344 g/mol. The van der Waals surface area contributed by atoms with E-state index in [1.165, 1.54) is 7.11 Å². The van der Waals surface area contributed by atoms with E-state index in [0.717, 1.165) is 0 Å². The number of ether oxygens (including phenoxy) is 2. The van der Waals surface area contributed by atoms with Gasteiger partial charge in [-0.15, -0.1) is 0 Å². The number of hydrogen-bond donors (Lipinski definition) is 0. The molecule has 0 radical (unpaired) electrons. The van der Waals surface area contributed by atoms with Crippen molar-refractivity contribution in [3.63, 3.8) is 0 Å². The summed E-state index contributed by atoms with van der Waals surface area (Å²) in [6.45, 7) is 10.3. The summed E-state index contributed by atoms with van der Waals surface area (Å²) in [5.74, 6) is -0.761. The monoisotopic (exact) mass is 373 g/mol. The maximum atomic E-state index is 11.9. The van der Waals surface area contributed by atoms with Crippen molar-refractivity contribution in [2.45, 2.75) is 40.3 Å². The second kappa shape index (κ2) is 11.1. The van der Waals surface area contributed by atoms with Gasteiger partial charge < -0.3 is 9.47 Å². The normalized spacial score (nSPS) is 12.4. The number of methoxy groups -OCH3 is 1. The summed E-state index contributed by atoms with van der Waals surface area (Å²) in [5, 5.41) is 0. The minimum Gasteiger partial charge on any atom is -0.465 e. The highest BCUT2D eigenvalue weighted by molar-refractivity contribution is 6.19. The lowest BCUT2D eigenvalue weighted by atomic mass is 9.97. The predicted molar refractivity (Wildman–Crippen MR) is 97.7 cm³/mol. The summed E-state index contributed by atoms with van der Waals surface area (Å²) >= 11 is 6.23. The molecular formula is C18H30ClN2O4+. The van der Waals surface area contributed by atoms with Gasteiger partial charge in [-0.2, -0.15) is 0 Å². The minimum atomic E-state index is -0.902. The smallest absolute Gasteiger partial charge is 0.361 e. The van der Waals surface area contributed by atoms with Crippen molar-refractivity contribution >= 4 is 23.5 Å². The van der Waals surface area contributed by atoms with Crippen molar-refractivity contribution in [3.8, 4) is 0 Å². The molecule has 0 aromatic carbocycles. The number of rotatable bonds is 6. The summed E-state index contributed by atoms with van der Waals surface area (Å²) in [6, 6.07) is 5.72. The summed E-state index contributed by atoms with van der Waals surface area (Å²) in [4.78, 5) is 27.2. The quantitative estimate of drug-likeness (QED) is 0.252. The third-order valence-electron chi connectivity index (χ3n) is 3.75. The molecule has 1 aromatic heterocycles. The fourth-order valence-corrected chi connectivity index (χ4v) is 2.24. The standard InChI is InChI=1S/C13H25ClNO4.C5H5N/c1-7-15(8-2,9-10(16)18-6)12(14)19-11(17)13(3,4)5;1-2-4-6-5-3-1/h12H,7-9H2,1-6H3;1-5H/q+1;. The Bertz CT molecular complexity index is 487. The molecule has 1 heterocycles. The fourth-order valence-electron chi connectivity index (χ4n) is 1.82. The van der Waals surface area contributed by atoms with Crippen LogP contribution in [-0.4, -0.2) is 53.8 Å². The van der Waals surface area contributed by atoms with Crippen LogP contribution in [0.2, 0.25) is 0 Å². The lowest BCUT2D eigenvalue weighted by molar-refractivity contribution is -0.946. The molecule has 0 N–H and O–H groups in total. The van der Waals surface area contributed by atoms with Crippen LogP contribution in [0.5, 0.6) is 0 Å². The Labute approximate surface area is 155 Å². The minimum absolute atomic E-state index is 0.0785. The number of alkyl halides is 1. The SMILES string of the molecule is CC[N+](CC)(CC(=O)OC)C(Cl)OC(=O)C(C)(C)C.c1ccncc1. The van der Waals surface area contributed by atoms with Crippen molar-refractivity contribution in [2.75, 3.05) is 26.7 Å². The van der Waals surface area contributed by atoms with E-state index < -0.39 is 11.1 Å².